The largest absolute Gasteiger partial charge is 0.496 e. The number of methoxy groups -OCH3 is 1. The van der Waals surface area contributed by atoms with E-state index in [0.29, 0.717) is 61.6 Å². The average Bonchev–Trinajstić information content (AvgIpc) is 3.22. The first kappa shape index (κ1) is 43.2. The van der Waals surface area contributed by atoms with Crippen molar-refractivity contribution in [3.05, 3.63) is 112 Å². The third-order valence-corrected chi connectivity index (χ3v) is 12.1. The van der Waals surface area contributed by atoms with Gasteiger partial charge in [-0.05, 0) is 60.0 Å². The van der Waals surface area contributed by atoms with Crippen LogP contribution in [0.4, 0.5) is 11.4 Å². The van der Waals surface area contributed by atoms with Crippen LogP contribution in [0.2, 0.25) is 0 Å². The molecular weight excluding hydrogens is 785 g/mol. The monoisotopic (exact) mass is 830 g/mol. The van der Waals surface area contributed by atoms with E-state index >= 15 is 0 Å². The number of nitrogens with one attached hydrogen (secondary N) is 2. The van der Waals surface area contributed by atoms with E-state index in [1.807, 2.05) is 53.3 Å². The fourth-order valence-electron chi connectivity index (χ4n) is 6.28. The van der Waals surface area contributed by atoms with E-state index < -0.39 is 37.5 Å². The zero-order valence-electron chi connectivity index (χ0n) is 32.7. The zero-order valence-corrected chi connectivity index (χ0v) is 34.3. The Hall–Kier alpha value is -5.94. The Kier molecular flexibility index (Phi) is 14.5. The van der Waals surface area contributed by atoms with E-state index in [1.165, 1.54) is 48.9 Å². The van der Waals surface area contributed by atoms with Crippen molar-refractivity contribution in [1.29, 1.82) is 0 Å². The van der Waals surface area contributed by atoms with Gasteiger partial charge in [0.05, 0.1) is 16.9 Å². The van der Waals surface area contributed by atoms with Crippen LogP contribution in [0.1, 0.15) is 35.7 Å². The molecule has 4 amide bonds. The number of thioether (sulfide) groups is 1. The molecule has 0 unspecified atom stereocenters. The summed E-state index contributed by atoms with van der Waals surface area (Å²) in [4.78, 5) is 67.0. The molecule has 2 N–H and O–H groups in total. The summed E-state index contributed by atoms with van der Waals surface area (Å²) in [5, 5.41) is 15.2. The lowest BCUT2D eigenvalue weighted by Crippen LogP contribution is -2.50. The molecule has 0 radical (unpaired) electrons. The minimum Gasteiger partial charge on any atom is -0.496 e. The Bertz CT molecular complexity index is 2250. The lowest BCUT2D eigenvalue weighted by Gasteiger charge is -2.34. The summed E-state index contributed by atoms with van der Waals surface area (Å²) < 4.78 is 34.3. The Morgan fingerprint density at radius 3 is 2.21 bits per heavy atom. The number of nitro benzene ring substituents is 1. The van der Waals surface area contributed by atoms with E-state index in [-0.39, 0.29) is 35.4 Å². The van der Waals surface area contributed by atoms with Gasteiger partial charge in [0.1, 0.15) is 11.4 Å². The zero-order chi connectivity index (χ0) is 42.0. The maximum absolute atomic E-state index is 13.3. The van der Waals surface area contributed by atoms with Crippen molar-refractivity contribution in [2.24, 2.45) is 0 Å². The molecule has 5 rings (SSSR count). The summed E-state index contributed by atoms with van der Waals surface area (Å²) in [5.41, 5.74) is 1.81. The summed E-state index contributed by atoms with van der Waals surface area (Å²) in [6, 6.07) is 24.0. The first-order valence-electron chi connectivity index (χ1n) is 18.5. The van der Waals surface area contributed by atoms with Gasteiger partial charge in [0.2, 0.25) is 17.7 Å². The number of piperazine rings is 1. The third kappa shape index (κ3) is 11.3. The molecule has 17 heteroatoms. The molecule has 0 aliphatic carbocycles. The van der Waals surface area contributed by atoms with Crippen molar-refractivity contribution in [1.82, 2.24) is 19.4 Å². The van der Waals surface area contributed by atoms with Gasteiger partial charge in [-0.1, -0.05) is 42.5 Å². The maximum atomic E-state index is 13.3. The molecule has 1 aliphatic heterocycles. The van der Waals surface area contributed by atoms with Crippen LogP contribution < -0.4 is 14.8 Å². The molecule has 4 aromatic carbocycles. The summed E-state index contributed by atoms with van der Waals surface area (Å²) in [6.07, 6.45) is 0.825. The molecule has 0 saturated carbocycles. The minimum absolute atomic E-state index is 0.00236. The molecule has 15 nitrogen and oxygen atoms in total. The molecule has 58 heavy (non-hydrogen) atoms. The van der Waals surface area contributed by atoms with E-state index in [2.05, 4.69) is 5.32 Å². The van der Waals surface area contributed by atoms with Crippen LogP contribution in [0.25, 0.3) is 11.1 Å². The second-order valence-corrected chi connectivity index (χ2v) is 16.6. The molecule has 1 fully saturated rings. The van der Waals surface area contributed by atoms with Gasteiger partial charge >= 0.3 is 0 Å². The number of sulfonamides is 1. The normalized spacial score (nSPS) is 13.3. The van der Waals surface area contributed by atoms with Gasteiger partial charge in [0, 0.05) is 93.9 Å². The number of hydrogen-bond acceptors (Lipinski definition) is 11. The number of ether oxygens (including phenoxy) is 1. The van der Waals surface area contributed by atoms with E-state index in [4.69, 9.17) is 4.74 Å². The van der Waals surface area contributed by atoms with Gasteiger partial charge < -0.3 is 24.8 Å². The number of benzene rings is 4. The standard InChI is InChI=1S/C41H46N6O9S2/c1-28(48)45-20-22-46(23-21-45)39(49)19-11-29-10-17-35(38(24-29)56-4)30-12-14-31(15-13-30)41(51)43-58(54,55)34-16-18-36(37(26-34)47(52)53)42-32(25-40(50)44(2)3)27-57-33-8-6-5-7-9-33/h5-10,12-18,24,26,32,42H,11,19-23,25,27H2,1-4H3,(H,43,51)/t32-/m1/s1. The first-order chi connectivity index (χ1) is 27.6. The van der Waals surface area contributed by atoms with Crippen LogP contribution in [0.15, 0.2) is 101 Å². The second-order valence-electron chi connectivity index (χ2n) is 13.8. The Morgan fingerprint density at radius 1 is 0.914 bits per heavy atom. The molecule has 0 bridgehead atoms. The van der Waals surface area contributed by atoms with Gasteiger partial charge in [-0.15, -0.1) is 11.8 Å². The summed E-state index contributed by atoms with van der Waals surface area (Å²) in [5.74, 6) is -0.181. The number of nitrogens with zero attached hydrogens (tertiary/aromatic N) is 4. The first-order valence-corrected chi connectivity index (χ1v) is 20.9. The molecule has 4 aromatic rings. The van der Waals surface area contributed by atoms with Crippen molar-refractivity contribution in [3.63, 3.8) is 0 Å². The summed E-state index contributed by atoms with van der Waals surface area (Å²) in [7, 11) is 0.204. The Balaban J connectivity index is 1.24. The highest BCUT2D eigenvalue weighted by molar-refractivity contribution is 7.99. The van der Waals surface area contributed by atoms with Crippen LogP contribution in [0, 0.1) is 10.1 Å². The maximum Gasteiger partial charge on any atom is 0.293 e. The van der Waals surface area contributed by atoms with E-state index in [1.54, 1.807) is 36.0 Å². The summed E-state index contributed by atoms with van der Waals surface area (Å²) >= 11 is 1.46. The molecule has 1 saturated heterocycles. The second kappa shape index (κ2) is 19.5. The minimum atomic E-state index is -4.55. The van der Waals surface area contributed by atoms with E-state index in [0.717, 1.165) is 22.6 Å². The number of nitro groups is 1. The molecule has 306 valence electrons. The highest BCUT2D eigenvalue weighted by atomic mass is 32.2. The molecule has 1 atom stereocenters. The predicted octanol–water partition coefficient (Wildman–Crippen LogP) is 5.06. The Morgan fingerprint density at radius 2 is 1.59 bits per heavy atom. The highest BCUT2D eigenvalue weighted by Crippen LogP contribution is 2.33. The van der Waals surface area contributed by atoms with Gasteiger partial charge in [-0.3, -0.25) is 29.3 Å². The van der Waals surface area contributed by atoms with E-state index in [9.17, 15) is 37.7 Å². The highest BCUT2D eigenvalue weighted by Gasteiger charge is 2.27. The quantitative estimate of drug-likeness (QED) is 0.0873. The van der Waals surface area contributed by atoms with Crippen molar-refractivity contribution < 1.29 is 37.3 Å². The van der Waals surface area contributed by atoms with Crippen LogP contribution in [-0.2, 0) is 30.8 Å². The molecule has 0 aromatic heterocycles. The topological polar surface area (TPSA) is 189 Å². The number of carbonyl (C=O) groups is 4. The van der Waals surface area contributed by atoms with Gasteiger partial charge in [-0.25, -0.2) is 13.1 Å². The lowest BCUT2D eigenvalue weighted by molar-refractivity contribution is -0.384. The van der Waals surface area contributed by atoms with Crippen molar-refractivity contribution >= 4 is 56.8 Å². The number of anilines is 1. The van der Waals surface area contributed by atoms with Gasteiger partial charge in [0.15, 0.2) is 0 Å². The third-order valence-electron chi connectivity index (χ3n) is 9.61. The molecular formula is C41H46N6O9S2. The van der Waals surface area contributed by atoms with Crippen molar-refractivity contribution in [2.75, 3.05) is 58.5 Å². The molecule has 1 heterocycles. The van der Waals surface area contributed by atoms with Gasteiger partial charge in [-0.2, -0.15) is 0 Å². The number of rotatable bonds is 16. The van der Waals surface area contributed by atoms with Crippen LogP contribution in [0.3, 0.4) is 0 Å². The van der Waals surface area contributed by atoms with Crippen LogP contribution >= 0.6 is 11.8 Å². The average molecular weight is 831 g/mol. The van der Waals surface area contributed by atoms with Crippen molar-refractivity contribution in [2.45, 2.75) is 42.0 Å². The molecule has 0 spiro atoms. The number of amides is 4. The predicted molar refractivity (Wildman–Crippen MR) is 221 cm³/mol. The van der Waals surface area contributed by atoms with Crippen LogP contribution in [0.5, 0.6) is 5.75 Å². The smallest absolute Gasteiger partial charge is 0.293 e. The fourth-order valence-corrected chi connectivity index (χ4v) is 8.22. The fraction of sp³-hybridized carbons (Fsp3) is 0.317. The summed E-state index contributed by atoms with van der Waals surface area (Å²) in [6.45, 7) is 3.58. The molecule has 1 aliphatic rings. The number of aryl methyl sites for hydroxylation is 1. The van der Waals surface area contributed by atoms with Gasteiger partial charge in [0.25, 0.3) is 21.6 Å². The number of hydrogen-bond donors (Lipinski definition) is 2. The van der Waals surface area contributed by atoms with Crippen LogP contribution in [-0.4, -0.2) is 111 Å². The van der Waals surface area contributed by atoms with Crippen molar-refractivity contribution in [3.8, 4) is 16.9 Å². The SMILES string of the molecule is COc1cc(CCC(=O)N2CCN(C(C)=O)CC2)ccc1-c1ccc(C(=O)NS(=O)(=O)c2ccc(N[C@@H](CSc3ccccc3)CC(=O)N(C)C)c([N+](=O)[O-])c2)cc1. The number of carbonyl (C=O) groups excluding carboxylic acids is 4. The Labute approximate surface area is 341 Å². The lowest BCUT2D eigenvalue weighted by atomic mass is 9.99.